The molecule has 0 aliphatic rings. The summed E-state index contributed by atoms with van der Waals surface area (Å²) in [4.78, 5) is 26.7. The lowest BCUT2D eigenvalue weighted by atomic mass is 10.2. The average molecular weight is 484 g/mol. The summed E-state index contributed by atoms with van der Waals surface area (Å²) in [6.07, 6.45) is 0.0927. The van der Waals surface area contributed by atoms with Crippen molar-refractivity contribution in [1.29, 1.82) is 0 Å². The Balaban J connectivity index is 1.56. The summed E-state index contributed by atoms with van der Waals surface area (Å²) in [6.45, 7) is 0.835. The summed E-state index contributed by atoms with van der Waals surface area (Å²) in [5, 5.41) is 5.56. The molecule has 0 saturated heterocycles. The third-order valence-corrected chi connectivity index (χ3v) is 5.35. The Kier molecular flexibility index (Phi) is 7.78. The number of para-hydroxylation sites is 2. The van der Waals surface area contributed by atoms with Crippen LogP contribution in [-0.4, -0.2) is 25.4 Å². The van der Waals surface area contributed by atoms with Crippen molar-refractivity contribution in [2.24, 2.45) is 0 Å². The molecule has 160 valence electrons. The van der Waals surface area contributed by atoms with Gasteiger partial charge in [0.25, 0.3) is 5.91 Å². The minimum absolute atomic E-state index is 0.0927. The molecule has 2 amide bonds. The summed E-state index contributed by atoms with van der Waals surface area (Å²) >= 11 is 3.23. The van der Waals surface area contributed by atoms with Crippen molar-refractivity contribution < 1.29 is 14.0 Å². The number of carbonyl (C=O) groups is 2. The van der Waals surface area contributed by atoms with Crippen molar-refractivity contribution in [3.8, 4) is 0 Å². The van der Waals surface area contributed by atoms with Gasteiger partial charge in [-0.15, -0.1) is 0 Å². The smallest absolute Gasteiger partial charge is 0.252 e. The largest absolute Gasteiger partial charge is 0.369 e. The topological polar surface area (TPSA) is 61.4 Å². The first-order valence-electron chi connectivity index (χ1n) is 9.81. The molecule has 0 heterocycles. The number of rotatable bonds is 8. The van der Waals surface area contributed by atoms with E-state index in [1.54, 1.807) is 0 Å². The Morgan fingerprint density at radius 3 is 2.48 bits per heavy atom. The minimum Gasteiger partial charge on any atom is -0.369 e. The van der Waals surface area contributed by atoms with Crippen LogP contribution < -0.4 is 15.5 Å². The van der Waals surface area contributed by atoms with Crippen molar-refractivity contribution in [3.05, 3.63) is 94.2 Å². The molecule has 5 nitrogen and oxygen atoms in total. The lowest BCUT2D eigenvalue weighted by Crippen LogP contribution is -2.28. The fraction of sp³-hybridized carbons (Fsp3) is 0.167. The van der Waals surface area contributed by atoms with Crippen LogP contribution in [0.2, 0.25) is 0 Å². The number of nitrogens with zero attached hydrogens (tertiary/aromatic N) is 1. The zero-order valence-electron chi connectivity index (χ0n) is 17.1. The Morgan fingerprint density at radius 1 is 1.00 bits per heavy atom. The molecule has 7 heteroatoms. The molecular weight excluding hydrogens is 461 g/mol. The van der Waals surface area contributed by atoms with Crippen LogP contribution in [0.5, 0.6) is 0 Å². The van der Waals surface area contributed by atoms with Crippen LogP contribution in [0.1, 0.15) is 22.3 Å². The van der Waals surface area contributed by atoms with Crippen LogP contribution in [-0.2, 0) is 11.3 Å². The van der Waals surface area contributed by atoms with Gasteiger partial charge in [-0.25, -0.2) is 4.39 Å². The molecule has 3 aromatic carbocycles. The summed E-state index contributed by atoms with van der Waals surface area (Å²) in [5.41, 5.74) is 2.95. The highest BCUT2D eigenvalue weighted by Gasteiger charge is 2.13. The predicted molar refractivity (Wildman–Crippen MR) is 125 cm³/mol. The third-order valence-electron chi connectivity index (χ3n) is 4.66. The van der Waals surface area contributed by atoms with E-state index in [0.29, 0.717) is 16.7 Å². The van der Waals surface area contributed by atoms with Crippen LogP contribution in [0.4, 0.5) is 15.8 Å². The van der Waals surface area contributed by atoms with Gasteiger partial charge in [-0.3, -0.25) is 9.59 Å². The third kappa shape index (κ3) is 6.39. The van der Waals surface area contributed by atoms with Crippen LogP contribution in [0, 0.1) is 5.82 Å². The molecule has 31 heavy (non-hydrogen) atoms. The summed E-state index contributed by atoms with van der Waals surface area (Å²) < 4.78 is 13.9. The van der Waals surface area contributed by atoms with Crippen molar-refractivity contribution in [3.63, 3.8) is 0 Å². The fourth-order valence-corrected chi connectivity index (χ4v) is 3.55. The van der Waals surface area contributed by atoms with E-state index in [4.69, 9.17) is 0 Å². The number of halogens is 2. The van der Waals surface area contributed by atoms with Crippen LogP contribution in [0.3, 0.4) is 0 Å². The number of hydrogen-bond donors (Lipinski definition) is 2. The second kappa shape index (κ2) is 10.7. The van der Waals surface area contributed by atoms with E-state index < -0.39 is 11.7 Å². The molecule has 0 aromatic heterocycles. The fourth-order valence-electron chi connectivity index (χ4n) is 3.12. The van der Waals surface area contributed by atoms with Gasteiger partial charge in [0.15, 0.2) is 0 Å². The highest BCUT2D eigenvalue weighted by Crippen LogP contribution is 2.26. The number of carbonyl (C=O) groups excluding carboxylic acids is 2. The maximum Gasteiger partial charge on any atom is 0.252 e. The Morgan fingerprint density at radius 2 is 1.71 bits per heavy atom. The molecule has 3 aromatic rings. The summed E-state index contributed by atoms with van der Waals surface area (Å²) in [5.74, 6) is -1.16. The van der Waals surface area contributed by atoms with Gasteiger partial charge in [0, 0.05) is 31.0 Å². The van der Waals surface area contributed by atoms with Gasteiger partial charge in [0.1, 0.15) is 5.82 Å². The van der Waals surface area contributed by atoms with Crippen LogP contribution >= 0.6 is 15.9 Å². The van der Waals surface area contributed by atoms with Gasteiger partial charge >= 0.3 is 0 Å². The minimum atomic E-state index is -0.498. The van der Waals surface area contributed by atoms with E-state index >= 15 is 0 Å². The number of amides is 2. The predicted octanol–water partition coefficient (Wildman–Crippen LogP) is 4.98. The van der Waals surface area contributed by atoms with Gasteiger partial charge in [-0.2, -0.15) is 0 Å². The maximum atomic E-state index is 13.4. The SMILES string of the molecule is CN(Cc1ccccc1)c1ccccc1NC(=O)CCNC(=O)c1cc(F)ccc1Br. The molecule has 0 aliphatic heterocycles. The Bertz CT molecular complexity index is 1060. The van der Waals surface area contributed by atoms with E-state index in [1.807, 2.05) is 49.5 Å². The second-order valence-electron chi connectivity index (χ2n) is 7.04. The molecule has 0 spiro atoms. The van der Waals surface area contributed by atoms with Crippen LogP contribution in [0.15, 0.2) is 77.3 Å². The second-order valence-corrected chi connectivity index (χ2v) is 7.89. The monoisotopic (exact) mass is 483 g/mol. The van der Waals surface area contributed by atoms with Crippen molar-refractivity contribution in [2.75, 3.05) is 23.8 Å². The Hall–Kier alpha value is -3.19. The first kappa shape index (κ1) is 22.5. The summed E-state index contributed by atoms with van der Waals surface area (Å²) in [6, 6.07) is 21.5. The lowest BCUT2D eigenvalue weighted by molar-refractivity contribution is -0.116. The van der Waals surface area contributed by atoms with Crippen molar-refractivity contribution >= 4 is 39.1 Å². The number of nitrogens with one attached hydrogen (secondary N) is 2. The zero-order chi connectivity index (χ0) is 22.2. The number of hydrogen-bond acceptors (Lipinski definition) is 3. The first-order chi connectivity index (χ1) is 14.9. The average Bonchev–Trinajstić information content (AvgIpc) is 2.76. The highest BCUT2D eigenvalue weighted by atomic mass is 79.9. The van der Waals surface area contributed by atoms with E-state index in [9.17, 15) is 14.0 Å². The molecule has 2 N–H and O–H groups in total. The molecule has 0 bridgehead atoms. The van der Waals surface area contributed by atoms with E-state index in [1.165, 1.54) is 12.1 Å². The lowest BCUT2D eigenvalue weighted by Gasteiger charge is -2.23. The van der Waals surface area contributed by atoms with E-state index in [-0.39, 0.29) is 24.4 Å². The normalized spacial score (nSPS) is 10.4. The van der Waals surface area contributed by atoms with Gasteiger partial charge in [0.2, 0.25) is 5.91 Å². The Labute approximate surface area is 189 Å². The molecular formula is C24H23BrFN3O2. The van der Waals surface area contributed by atoms with Gasteiger partial charge < -0.3 is 15.5 Å². The van der Waals surface area contributed by atoms with Gasteiger partial charge in [0.05, 0.1) is 16.9 Å². The number of benzene rings is 3. The zero-order valence-corrected chi connectivity index (χ0v) is 18.7. The molecule has 3 rings (SSSR count). The maximum absolute atomic E-state index is 13.4. The molecule has 0 aliphatic carbocycles. The quantitative estimate of drug-likeness (QED) is 0.474. The number of anilines is 2. The highest BCUT2D eigenvalue weighted by molar-refractivity contribution is 9.10. The standard InChI is InChI=1S/C24H23BrFN3O2/c1-29(16-17-7-3-2-4-8-17)22-10-6-5-9-21(22)28-23(30)13-14-27-24(31)19-15-18(26)11-12-20(19)25/h2-12,15H,13-14,16H2,1H3,(H,27,31)(H,28,30). The summed E-state index contributed by atoms with van der Waals surface area (Å²) in [7, 11) is 1.97. The van der Waals surface area contributed by atoms with Crippen molar-refractivity contribution in [2.45, 2.75) is 13.0 Å². The van der Waals surface area contributed by atoms with E-state index in [2.05, 4.69) is 43.6 Å². The van der Waals surface area contributed by atoms with Crippen molar-refractivity contribution in [1.82, 2.24) is 5.32 Å². The molecule has 0 atom stereocenters. The van der Waals surface area contributed by atoms with E-state index in [0.717, 1.165) is 17.3 Å². The van der Waals surface area contributed by atoms with Crippen LogP contribution in [0.25, 0.3) is 0 Å². The molecule has 0 unspecified atom stereocenters. The van der Waals surface area contributed by atoms with Gasteiger partial charge in [-0.1, -0.05) is 42.5 Å². The van der Waals surface area contributed by atoms with Gasteiger partial charge in [-0.05, 0) is 51.8 Å². The molecule has 0 saturated carbocycles. The first-order valence-corrected chi connectivity index (χ1v) is 10.6. The molecule has 0 radical (unpaired) electrons. The molecule has 0 fully saturated rings.